The molecule has 0 radical (unpaired) electrons. The van der Waals surface area contributed by atoms with Gasteiger partial charge in [0.2, 0.25) is 5.95 Å². The zero-order valence-electron chi connectivity index (χ0n) is 13.3. The third kappa shape index (κ3) is 4.40. The van der Waals surface area contributed by atoms with Gasteiger partial charge in [-0.05, 0) is 37.0 Å². The number of nitrogens with zero attached hydrogens (tertiary/aromatic N) is 3. The molecule has 1 aromatic carbocycles. The van der Waals surface area contributed by atoms with Crippen molar-refractivity contribution in [2.24, 2.45) is 5.10 Å². The lowest BCUT2D eigenvalue weighted by Crippen LogP contribution is -2.13. The van der Waals surface area contributed by atoms with Gasteiger partial charge in [0.05, 0.1) is 37.4 Å². The van der Waals surface area contributed by atoms with Crippen molar-refractivity contribution in [2.75, 3.05) is 18.9 Å². The van der Waals surface area contributed by atoms with Crippen LogP contribution in [0, 0.1) is 6.92 Å². The van der Waals surface area contributed by atoms with E-state index in [1.54, 1.807) is 17.1 Å². The Morgan fingerprint density at radius 2 is 2.43 bits per heavy atom. The molecule has 1 atom stereocenters. The number of aromatic nitrogens is 2. The highest BCUT2D eigenvalue weighted by Gasteiger charge is 2.15. The fourth-order valence-electron chi connectivity index (χ4n) is 2.57. The first kappa shape index (κ1) is 15.7. The number of hydrogen-bond acceptors (Lipinski definition) is 5. The Kier molecular flexibility index (Phi) is 5.05. The van der Waals surface area contributed by atoms with Crippen LogP contribution in [0.4, 0.5) is 5.95 Å². The lowest BCUT2D eigenvalue weighted by molar-refractivity contribution is 0.0106. The first-order chi connectivity index (χ1) is 11.2. The predicted molar refractivity (Wildman–Crippen MR) is 89.4 cm³/mol. The molecule has 6 nitrogen and oxygen atoms in total. The summed E-state index contributed by atoms with van der Waals surface area (Å²) in [6.45, 7) is 3.97. The van der Waals surface area contributed by atoms with E-state index in [0.717, 1.165) is 36.3 Å². The molecule has 122 valence electrons. The van der Waals surface area contributed by atoms with E-state index in [1.807, 2.05) is 25.1 Å². The summed E-state index contributed by atoms with van der Waals surface area (Å²) >= 11 is 0. The number of hydrogen-bond donors (Lipinski definition) is 1. The number of nitrogens with two attached hydrogens (primary N) is 1. The van der Waals surface area contributed by atoms with Crippen molar-refractivity contribution in [2.45, 2.75) is 32.5 Å². The molecule has 0 bridgehead atoms. The van der Waals surface area contributed by atoms with Crippen LogP contribution in [0.25, 0.3) is 0 Å². The quantitative estimate of drug-likeness (QED) is 0.831. The molecular weight excluding hydrogens is 292 g/mol. The van der Waals surface area contributed by atoms with E-state index >= 15 is 0 Å². The van der Waals surface area contributed by atoms with Gasteiger partial charge in [-0.1, -0.05) is 18.2 Å². The summed E-state index contributed by atoms with van der Waals surface area (Å²) < 4.78 is 12.9. The molecule has 6 heteroatoms. The van der Waals surface area contributed by atoms with Gasteiger partial charge >= 0.3 is 0 Å². The molecule has 1 aromatic heterocycles. The molecule has 0 aliphatic carbocycles. The van der Waals surface area contributed by atoms with Crippen LogP contribution in [-0.4, -0.2) is 35.2 Å². The molecule has 1 saturated heterocycles. The summed E-state index contributed by atoms with van der Waals surface area (Å²) in [4.78, 5) is 4.11. The van der Waals surface area contributed by atoms with Gasteiger partial charge in [-0.15, -0.1) is 0 Å². The molecule has 0 saturated carbocycles. The summed E-state index contributed by atoms with van der Waals surface area (Å²) in [6, 6.07) is 8.09. The largest absolute Gasteiger partial charge is 0.376 e. The fraction of sp³-hybridized carbons (Fsp3) is 0.412. The molecule has 1 unspecified atom stereocenters. The molecule has 2 heterocycles. The molecule has 3 rings (SSSR count). The Bertz CT molecular complexity index is 675. The maximum absolute atomic E-state index is 5.77. The van der Waals surface area contributed by atoms with Crippen LogP contribution >= 0.6 is 0 Å². The molecule has 23 heavy (non-hydrogen) atoms. The van der Waals surface area contributed by atoms with Gasteiger partial charge in [0.25, 0.3) is 0 Å². The second kappa shape index (κ2) is 7.39. The van der Waals surface area contributed by atoms with Crippen molar-refractivity contribution in [3.63, 3.8) is 0 Å². The van der Waals surface area contributed by atoms with Gasteiger partial charge in [0, 0.05) is 6.61 Å². The van der Waals surface area contributed by atoms with Crippen LogP contribution in [0.1, 0.15) is 29.7 Å². The Balaban J connectivity index is 1.57. The second-order valence-electron chi connectivity index (χ2n) is 5.72. The number of anilines is 1. The summed E-state index contributed by atoms with van der Waals surface area (Å²) in [6.07, 6.45) is 6.05. The Morgan fingerprint density at radius 3 is 3.17 bits per heavy atom. The molecule has 2 aromatic rings. The maximum atomic E-state index is 5.77. The molecule has 1 fully saturated rings. The summed E-state index contributed by atoms with van der Waals surface area (Å²) in [7, 11) is 0. The van der Waals surface area contributed by atoms with E-state index in [1.165, 1.54) is 0 Å². The summed E-state index contributed by atoms with van der Waals surface area (Å²) in [5, 5.41) is 4.32. The minimum atomic E-state index is 0.257. The summed E-state index contributed by atoms with van der Waals surface area (Å²) in [5.74, 6) is 0.384. The molecule has 1 aliphatic rings. The first-order valence-electron chi connectivity index (χ1n) is 7.85. The average molecular weight is 314 g/mol. The van der Waals surface area contributed by atoms with Gasteiger partial charge in [0.1, 0.15) is 0 Å². The SMILES string of the molecule is Cc1cn(N=Cc2cccc(COCC3CCCO3)c2)c(N)n1. The van der Waals surface area contributed by atoms with E-state index in [9.17, 15) is 0 Å². The van der Waals surface area contributed by atoms with E-state index in [-0.39, 0.29) is 6.10 Å². The normalized spacial score (nSPS) is 18.0. The highest BCUT2D eigenvalue weighted by molar-refractivity contribution is 5.79. The van der Waals surface area contributed by atoms with Crippen molar-refractivity contribution in [1.82, 2.24) is 9.66 Å². The smallest absolute Gasteiger partial charge is 0.221 e. The topological polar surface area (TPSA) is 74.7 Å². The van der Waals surface area contributed by atoms with Gasteiger partial charge in [-0.25, -0.2) is 9.66 Å². The molecule has 0 amide bonds. The lowest BCUT2D eigenvalue weighted by atomic mass is 10.1. The van der Waals surface area contributed by atoms with Gasteiger partial charge < -0.3 is 15.2 Å². The number of rotatable bonds is 6. The highest BCUT2D eigenvalue weighted by Crippen LogP contribution is 2.13. The van der Waals surface area contributed by atoms with E-state index in [4.69, 9.17) is 15.2 Å². The Labute approximate surface area is 135 Å². The van der Waals surface area contributed by atoms with Crippen molar-refractivity contribution >= 4 is 12.2 Å². The number of ether oxygens (including phenoxy) is 2. The molecular formula is C17H22N4O2. The number of nitrogen functional groups attached to an aromatic ring is 1. The zero-order chi connectivity index (χ0) is 16.1. The van der Waals surface area contributed by atoms with Crippen LogP contribution in [0.5, 0.6) is 0 Å². The third-order valence-corrected chi connectivity index (χ3v) is 3.71. The van der Waals surface area contributed by atoms with E-state index in [2.05, 4.69) is 16.2 Å². The standard InChI is InChI=1S/C17H22N4O2/c1-13-10-21(17(18)20-13)19-9-14-4-2-5-15(8-14)11-22-12-16-6-3-7-23-16/h2,4-5,8-10,16H,3,6-7,11-12H2,1H3,(H2,18,20). The molecule has 1 aliphatic heterocycles. The minimum Gasteiger partial charge on any atom is -0.376 e. The molecule has 2 N–H and O–H groups in total. The predicted octanol–water partition coefficient (Wildman–Crippen LogP) is 2.35. The van der Waals surface area contributed by atoms with Gasteiger partial charge in [0.15, 0.2) is 0 Å². The minimum absolute atomic E-state index is 0.257. The van der Waals surface area contributed by atoms with Crippen LogP contribution in [0.3, 0.4) is 0 Å². The highest BCUT2D eigenvalue weighted by atomic mass is 16.5. The van der Waals surface area contributed by atoms with Crippen LogP contribution in [0.15, 0.2) is 35.6 Å². The van der Waals surface area contributed by atoms with Crippen molar-refractivity contribution in [1.29, 1.82) is 0 Å². The Hall–Kier alpha value is -2.18. The maximum Gasteiger partial charge on any atom is 0.221 e. The van der Waals surface area contributed by atoms with Gasteiger partial charge in [-0.3, -0.25) is 0 Å². The van der Waals surface area contributed by atoms with E-state index in [0.29, 0.717) is 19.2 Å². The van der Waals surface area contributed by atoms with Crippen molar-refractivity contribution in [3.05, 3.63) is 47.3 Å². The number of benzene rings is 1. The lowest BCUT2D eigenvalue weighted by Gasteiger charge is -2.10. The van der Waals surface area contributed by atoms with E-state index < -0.39 is 0 Å². The number of aryl methyl sites for hydroxylation is 1. The van der Waals surface area contributed by atoms with Crippen LogP contribution in [0.2, 0.25) is 0 Å². The van der Waals surface area contributed by atoms with Crippen molar-refractivity contribution in [3.8, 4) is 0 Å². The Morgan fingerprint density at radius 1 is 1.52 bits per heavy atom. The van der Waals surface area contributed by atoms with Gasteiger partial charge in [-0.2, -0.15) is 5.10 Å². The van der Waals surface area contributed by atoms with Crippen LogP contribution in [-0.2, 0) is 16.1 Å². The monoisotopic (exact) mass is 314 g/mol. The number of imidazole rings is 1. The first-order valence-corrected chi connectivity index (χ1v) is 7.85. The van der Waals surface area contributed by atoms with Crippen molar-refractivity contribution < 1.29 is 9.47 Å². The van der Waals surface area contributed by atoms with Crippen LogP contribution < -0.4 is 5.73 Å². The third-order valence-electron chi connectivity index (χ3n) is 3.71. The fourth-order valence-corrected chi connectivity index (χ4v) is 2.57. The summed E-state index contributed by atoms with van der Waals surface area (Å²) in [5.41, 5.74) is 8.72. The zero-order valence-corrected chi connectivity index (χ0v) is 13.3. The second-order valence-corrected chi connectivity index (χ2v) is 5.72. The average Bonchev–Trinajstić information content (AvgIpc) is 3.15. The molecule has 0 spiro atoms.